The summed E-state index contributed by atoms with van der Waals surface area (Å²) < 4.78 is 83.2. The van der Waals surface area contributed by atoms with E-state index in [1.165, 1.54) is 73.2 Å². The molecule has 7 aromatic carbocycles. The van der Waals surface area contributed by atoms with Crippen LogP contribution in [0.15, 0.2) is 175 Å². The summed E-state index contributed by atoms with van der Waals surface area (Å²) in [7, 11) is 0. The lowest BCUT2D eigenvalue weighted by atomic mass is 9.86. The van der Waals surface area contributed by atoms with Crippen LogP contribution in [0, 0.1) is 29.2 Å². The number of rotatable bonds is 25. The average molecular weight is 1870 g/mol. The Bertz CT molecular complexity index is 6840. The molecule has 14 heterocycles. The highest BCUT2D eigenvalue weighted by molar-refractivity contribution is 6.09. The molecular formula is C98H104F4N26O9. The van der Waals surface area contributed by atoms with Crippen LogP contribution >= 0.6 is 0 Å². The summed E-state index contributed by atoms with van der Waals surface area (Å²) in [6.45, 7) is 23.2. The van der Waals surface area contributed by atoms with Crippen LogP contribution in [0.1, 0.15) is 108 Å². The van der Waals surface area contributed by atoms with Crippen molar-refractivity contribution in [3.8, 4) is 51.8 Å². The van der Waals surface area contributed by atoms with Gasteiger partial charge in [0.2, 0.25) is 0 Å². The molecule has 0 radical (unpaired) electrons. The Kier molecular flexibility index (Phi) is 28.5. The molecule has 0 bridgehead atoms. The molecule has 35 nitrogen and oxygen atoms in total. The maximum atomic E-state index is 14.1. The number of amides is 4. The van der Waals surface area contributed by atoms with Crippen LogP contribution in [0.2, 0.25) is 0 Å². The predicted molar refractivity (Wildman–Crippen MR) is 508 cm³/mol. The van der Waals surface area contributed by atoms with Crippen LogP contribution in [0.3, 0.4) is 0 Å². The molecule has 708 valence electrons. The Morgan fingerprint density at radius 1 is 0.416 bits per heavy atom. The number of morpholine rings is 3. The van der Waals surface area contributed by atoms with E-state index in [0.717, 1.165) is 249 Å². The normalized spacial score (nSPS) is 16.8. The molecule has 13 N–H and O–H groups in total. The third-order valence-electron chi connectivity index (χ3n) is 25.4. The number of halogens is 4. The Morgan fingerprint density at radius 3 is 1.24 bits per heavy atom. The number of hydrogen-bond acceptors (Lipinski definition) is 23. The first-order chi connectivity index (χ1) is 67.0. The van der Waals surface area contributed by atoms with Gasteiger partial charge in [0.25, 0.3) is 23.6 Å². The van der Waals surface area contributed by atoms with Crippen molar-refractivity contribution in [2.75, 3.05) is 146 Å². The summed E-state index contributed by atoms with van der Waals surface area (Å²) in [5.41, 5.74) is 15.5. The van der Waals surface area contributed by atoms with Gasteiger partial charge >= 0.3 is 0 Å². The molecule has 4 amide bonds. The quantitative estimate of drug-likeness (QED) is 0.0187. The van der Waals surface area contributed by atoms with Crippen molar-refractivity contribution >= 4 is 90.5 Å². The van der Waals surface area contributed by atoms with Crippen LogP contribution in [0.5, 0.6) is 5.75 Å². The number of furan rings is 1. The molecule has 22 rings (SSSR count). The highest BCUT2D eigenvalue weighted by Crippen LogP contribution is 2.36. The number of carbonyl (C=O) groups excluding carboxylic acids is 4. The van der Waals surface area contributed by atoms with Crippen molar-refractivity contribution in [2.45, 2.75) is 77.7 Å². The molecule has 0 unspecified atom stereocenters. The van der Waals surface area contributed by atoms with Gasteiger partial charge in [0.1, 0.15) is 62.9 Å². The number of piperazine rings is 1. The van der Waals surface area contributed by atoms with Crippen LogP contribution in [-0.4, -0.2) is 260 Å². The Hall–Kier alpha value is -14.4. The zero-order chi connectivity index (χ0) is 93.7. The number of ether oxygens (including phenoxy) is 4. The first kappa shape index (κ1) is 91.7. The summed E-state index contributed by atoms with van der Waals surface area (Å²) in [6, 6.07) is 40.8. The molecule has 0 atom stereocenters. The van der Waals surface area contributed by atoms with Gasteiger partial charge in [-0.1, -0.05) is 55.5 Å². The molecule has 16 aromatic rings. The van der Waals surface area contributed by atoms with Crippen LogP contribution in [0.4, 0.5) is 40.3 Å². The van der Waals surface area contributed by atoms with Gasteiger partial charge in [-0.3, -0.25) is 64.1 Å². The predicted octanol–water partition coefficient (Wildman–Crippen LogP) is 14.1. The molecule has 4 saturated heterocycles. The number of anilines is 4. The highest BCUT2D eigenvalue weighted by Gasteiger charge is 2.31. The monoisotopic (exact) mass is 1860 g/mol. The topological polar surface area (TPSA) is 424 Å². The van der Waals surface area contributed by atoms with Gasteiger partial charge in [-0.2, -0.15) is 20.4 Å². The van der Waals surface area contributed by atoms with Gasteiger partial charge in [-0.25, -0.2) is 37.5 Å². The van der Waals surface area contributed by atoms with Crippen LogP contribution < -0.4 is 31.3 Å². The Morgan fingerprint density at radius 2 is 0.810 bits per heavy atom. The van der Waals surface area contributed by atoms with Crippen LogP contribution in [-0.2, 0) is 46.8 Å². The second-order valence-electron chi connectivity index (χ2n) is 34.7. The molecule has 6 aliphatic rings. The SMILES string of the molecule is CC1CCC(N2CCN(Cc3ccc4nc(-c5[nH]ncc5NC(=O)c5c(F)cccc5F)[nH]c4c3)CC2)CC1.O=C(Nc1cn[nH]c1-c1nc2ccc(CN3CCOCC3)cc2[nH]1)c1cccc2c1OCC2.O=C(Nc1cn[nH]c1-c1nc2ccc(CN3CCOCC3)cc2[nH]1)c1ccco1.O=C(Nc1cn[nH]c1-c1nc2ccc(CNCCCN3CCOCC3)cc2[nH]1)c1c(F)cccc1F. The fraction of sp³-hybridized carbons (Fsp3) is 0.327. The molecular weight excluding hydrogens is 1760 g/mol. The largest absolute Gasteiger partial charge is 0.492 e. The van der Waals surface area contributed by atoms with E-state index in [0.29, 0.717) is 75.4 Å². The van der Waals surface area contributed by atoms with Gasteiger partial charge in [0.05, 0.1) is 150 Å². The summed E-state index contributed by atoms with van der Waals surface area (Å²) in [4.78, 5) is 94.5. The zero-order valence-corrected chi connectivity index (χ0v) is 75.3. The second kappa shape index (κ2) is 42.7. The maximum Gasteiger partial charge on any atom is 0.291 e. The fourth-order valence-corrected chi connectivity index (χ4v) is 18.0. The number of nitrogens with zero attached hydrogens (tertiary/aromatic N) is 13. The van der Waals surface area contributed by atoms with Gasteiger partial charge < -0.3 is 69.9 Å². The minimum absolute atomic E-state index is 0.231. The average Bonchev–Trinajstić information content (AvgIpc) is 1.67. The van der Waals surface area contributed by atoms with Gasteiger partial charge in [-0.15, -0.1) is 0 Å². The molecule has 1 saturated carbocycles. The second-order valence-corrected chi connectivity index (χ2v) is 34.7. The summed E-state index contributed by atoms with van der Waals surface area (Å²) in [5, 5.41) is 41.9. The lowest BCUT2D eigenvalue weighted by Gasteiger charge is -2.41. The van der Waals surface area contributed by atoms with E-state index < -0.39 is 46.2 Å². The van der Waals surface area contributed by atoms with Crippen molar-refractivity contribution < 1.29 is 60.1 Å². The van der Waals surface area contributed by atoms with E-state index in [-0.39, 0.29) is 28.9 Å². The minimum Gasteiger partial charge on any atom is -0.492 e. The lowest BCUT2D eigenvalue weighted by Crippen LogP contribution is -2.50. The number of imidazole rings is 4. The smallest absolute Gasteiger partial charge is 0.291 e. The Labute approximate surface area is 782 Å². The number of H-pyrrole nitrogens is 8. The number of aromatic amines is 8. The van der Waals surface area contributed by atoms with Gasteiger partial charge in [0.15, 0.2) is 29.1 Å². The number of nitrogens with one attached hydrogen (secondary N) is 13. The molecule has 9 aromatic heterocycles. The highest BCUT2D eigenvalue weighted by atomic mass is 19.1. The molecule has 5 aliphatic heterocycles. The number of aromatic nitrogens is 16. The van der Waals surface area contributed by atoms with E-state index in [1.807, 2.05) is 48.5 Å². The molecule has 0 spiro atoms. The van der Waals surface area contributed by atoms with E-state index in [1.54, 1.807) is 30.6 Å². The minimum atomic E-state index is -0.941. The van der Waals surface area contributed by atoms with Crippen molar-refractivity contribution in [2.24, 2.45) is 5.92 Å². The van der Waals surface area contributed by atoms with Gasteiger partial charge in [0, 0.05) is 104 Å². The van der Waals surface area contributed by atoms with Crippen LogP contribution in [0.25, 0.3) is 90.2 Å². The zero-order valence-electron chi connectivity index (χ0n) is 75.3. The van der Waals surface area contributed by atoms with Crippen molar-refractivity contribution in [3.05, 3.63) is 244 Å². The fourth-order valence-electron chi connectivity index (χ4n) is 18.0. The standard InChI is InChI=1S/C29H33F2N7O.C25H27F2N7O2.C24H24N6O3.C20H20N6O3/c1-18-5-8-20(9-6-18)38-13-11-37(12-14-38)17-19-7-10-23-24(15-19)34-28(33-23)27-25(16-32-36-27)35-29(39)26-21(30)3-2-4-22(26)31;26-17-3-1-4-18(27)22(17)25(35)32-21-15-29-33-23(21)24-30-19-6-5-16(13-20(19)31-24)14-28-7-2-8-34-9-11-36-12-10-34;31-24(17-3-1-2-16-6-9-33-22(16)17)28-20-13-25-29-21(20)23-26-18-5-4-15(12-19(18)27-23)14-30-7-10-32-11-8-30;27-20(17-2-1-7-29-17)24-16-11-21-25-18(16)19-22-14-4-3-13(10-15(14)23-19)12-26-5-8-28-9-6-26/h2-4,7,10,15-16,18,20H,5-6,8-9,11-14,17H2,1H3,(H,32,36)(H,33,34)(H,35,39);1,3-6,13,15,28H,2,7-12,14H2,(H,29,33)(H,30,31)(H,32,35);1-5,12-13H,6-11,14H2,(H,25,29)(H,26,27)(H,28,31);1-4,7,10-11H,5-6,8-9,12H2,(H,21,25)(H,22,23)(H,24,27). The first-order valence-electron chi connectivity index (χ1n) is 46.1. The molecule has 39 heteroatoms. The Balaban J connectivity index is 0.000000117. The third-order valence-corrected chi connectivity index (χ3v) is 25.4. The van der Waals surface area contributed by atoms with Crippen molar-refractivity contribution in [3.63, 3.8) is 0 Å². The summed E-state index contributed by atoms with van der Waals surface area (Å²) in [6.07, 6.45) is 14.6. The maximum absolute atomic E-state index is 14.1. The number of hydrogen-bond donors (Lipinski definition) is 13. The van der Waals surface area contributed by atoms with E-state index in [9.17, 15) is 36.7 Å². The molecule has 1 aliphatic carbocycles. The number of benzene rings is 7. The summed E-state index contributed by atoms with van der Waals surface area (Å²) >= 11 is 0. The van der Waals surface area contributed by atoms with E-state index in [4.69, 9.17) is 28.3 Å². The molecule has 137 heavy (non-hydrogen) atoms. The first-order valence-corrected chi connectivity index (χ1v) is 46.1. The third kappa shape index (κ3) is 22.1. The lowest BCUT2D eigenvalue weighted by molar-refractivity contribution is 0.0341. The van der Waals surface area contributed by atoms with Crippen molar-refractivity contribution in [1.29, 1.82) is 0 Å². The number of para-hydroxylation sites is 1. The number of fused-ring (bicyclic) bond motifs is 5. The van der Waals surface area contributed by atoms with E-state index >= 15 is 0 Å². The van der Waals surface area contributed by atoms with Gasteiger partial charge in [-0.05, 0) is 170 Å². The number of carbonyl (C=O) groups is 4. The van der Waals surface area contributed by atoms with Crippen molar-refractivity contribution in [1.82, 2.24) is 110 Å². The van der Waals surface area contributed by atoms with E-state index in [2.05, 4.69) is 170 Å². The summed E-state index contributed by atoms with van der Waals surface area (Å²) in [5.74, 6) is -2.22. The molecule has 5 fully saturated rings.